The van der Waals surface area contributed by atoms with Gasteiger partial charge in [0.1, 0.15) is 13.2 Å². The van der Waals surface area contributed by atoms with E-state index in [4.69, 9.17) is 14.2 Å². The zero-order valence-electron chi connectivity index (χ0n) is 50.1. The van der Waals surface area contributed by atoms with Crippen molar-refractivity contribution in [2.75, 3.05) is 13.2 Å². The Kier molecular flexibility index (Phi) is 61.2. The molecule has 6 heteroatoms. The summed E-state index contributed by atoms with van der Waals surface area (Å²) in [4.78, 5) is 38.3. The van der Waals surface area contributed by atoms with Crippen LogP contribution in [0.3, 0.4) is 0 Å². The van der Waals surface area contributed by atoms with Crippen molar-refractivity contribution < 1.29 is 28.6 Å². The van der Waals surface area contributed by atoms with Gasteiger partial charge >= 0.3 is 17.9 Å². The van der Waals surface area contributed by atoms with E-state index in [0.717, 1.165) is 83.5 Å². The highest BCUT2D eigenvalue weighted by molar-refractivity contribution is 5.71. The normalized spacial score (nSPS) is 12.4. The third-order valence-corrected chi connectivity index (χ3v) is 14.5. The number of esters is 3. The van der Waals surface area contributed by atoms with E-state index in [2.05, 4.69) is 81.5 Å². The molecular weight excluding hydrogens is 925 g/mol. The lowest BCUT2D eigenvalue weighted by Gasteiger charge is -2.18. The molecule has 0 radical (unpaired) electrons. The third-order valence-electron chi connectivity index (χ3n) is 14.5. The molecule has 0 aliphatic rings. The molecule has 0 aliphatic heterocycles. The second-order valence-electron chi connectivity index (χ2n) is 22.0. The van der Waals surface area contributed by atoms with Crippen molar-refractivity contribution in [3.63, 3.8) is 0 Å². The van der Waals surface area contributed by atoms with Crippen molar-refractivity contribution in [2.24, 2.45) is 0 Å². The van der Waals surface area contributed by atoms with Gasteiger partial charge in [-0.1, -0.05) is 300 Å². The molecular formula is C69H124O6. The molecule has 0 bridgehead atoms. The summed E-state index contributed by atoms with van der Waals surface area (Å²) < 4.78 is 16.9. The van der Waals surface area contributed by atoms with Gasteiger partial charge in [-0.05, 0) is 83.5 Å². The van der Waals surface area contributed by atoms with E-state index < -0.39 is 6.10 Å². The van der Waals surface area contributed by atoms with Crippen LogP contribution in [0, 0.1) is 0 Å². The predicted molar refractivity (Wildman–Crippen MR) is 325 cm³/mol. The molecule has 6 nitrogen and oxygen atoms in total. The monoisotopic (exact) mass is 1050 g/mol. The van der Waals surface area contributed by atoms with Crippen LogP contribution < -0.4 is 0 Å². The summed E-state index contributed by atoms with van der Waals surface area (Å²) in [6.07, 6.45) is 80.9. The first-order valence-electron chi connectivity index (χ1n) is 32.8. The summed E-state index contributed by atoms with van der Waals surface area (Å²) in [5.74, 6) is -0.857. The standard InChI is InChI=1S/C69H124O6/c1-4-7-10-13-16-19-22-25-27-29-31-32-33-34-35-36-37-38-39-41-42-44-47-50-53-56-59-62-68(71)74-65-66(64-73-67(70)61-58-55-52-49-46-24-21-18-15-12-9-6-3)75-69(72)63-60-57-54-51-48-45-43-40-30-28-26-23-20-17-14-11-8-5-2/h7,10,16,19,25,27-28,30-32,66H,4-6,8-9,11-15,17-18,20-24,26,29,33-65H2,1-3H3/b10-7-,19-16-,27-25-,30-28-,32-31-. The van der Waals surface area contributed by atoms with E-state index in [1.54, 1.807) is 0 Å². The third kappa shape index (κ3) is 61.8. The van der Waals surface area contributed by atoms with E-state index in [9.17, 15) is 14.4 Å². The Morgan fingerprint density at radius 3 is 0.827 bits per heavy atom. The van der Waals surface area contributed by atoms with Crippen LogP contribution >= 0.6 is 0 Å². The van der Waals surface area contributed by atoms with Crippen molar-refractivity contribution in [1.29, 1.82) is 0 Å². The molecule has 0 aromatic rings. The number of hydrogen-bond donors (Lipinski definition) is 0. The fourth-order valence-corrected chi connectivity index (χ4v) is 9.61. The minimum absolute atomic E-state index is 0.0712. The van der Waals surface area contributed by atoms with Crippen LogP contribution in [0.1, 0.15) is 342 Å². The van der Waals surface area contributed by atoms with Crippen LogP contribution in [0.2, 0.25) is 0 Å². The van der Waals surface area contributed by atoms with E-state index in [-0.39, 0.29) is 31.1 Å². The van der Waals surface area contributed by atoms with Gasteiger partial charge in [0.2, 0.25) is 0 Å². The molecule has 0 N–H and O–H groups in total. The molecule has 0 saturated carbocycles. The van der Waals surface area contributed by atoms with Crippen LogP contribution in [-0.4, -0.2) is 37.2 Å². The number of hydrogen-bond acceptors (Lipinski definition) is 6. The van der Waals surface area contributed by atoms with Gasteiger partial charge in [0.05, 0.1) is 0 Å². The topological polar surface area (TPSA) is 78.9 Å². The molecule has 0 saturated heterocycles. The largest absolute Gasteiger partial charge is 0.462 e. The SMILES string of the molecule is CC/C=C\C/C=C\C/C=C\C/C=C\CCCCCCCCCCCCCCCCC(=O)OCC(COC(=O)CCCCCCCCCCCCCC)OC(=O)CCCCCCCCC/C=C\CCCCCCCCC. The van der Waals surface area contributed by atoms with Crippen molar-refractivity contribution in [3.8, 4) is 0 Å². The van der Waals surface area contributed by atoms with Crippen LogP contribution in [0.25, 0.3) is 0 Å². The van der Waals surface area contributed by atoms with E-state index >= 15 is 0 Å². The first kappa shape index (κ1) is 72.1. The van der Waals surface area contributed by atoms with Gasteiger partial charge in [-0.15, -0.1) is 0 Å². The summed E-state index contributed by atoms with van der Waals surface area (Å²) in [6.45, 7) is 6.57. The number of carbonyl (C=O) groups is 3. The lowest BCUT2D eigenvalue weighted by molar-refractivity contribution is -0.167. The number of unbranched alkanes of at least 4 members (excludes halogenated alkanes) is 39. The first-order valence-corrected chi connectivity index (χ1v) is 32.8. The first-order chi connectivity index (χ1) is 37.0. The lowest BCUT2D eigenvalue weighted by atomic mass is 10.0. The Balaban J connectivity index is 4.23. The molecule has 1 atom stereocenters. The van der Waals surface area contributed by atoms with Crippen molar-refractivity contribution in [1.82, 2.24) is 0 Å². The average molecular weight is 1050 g/mol. The van der Waals surface area contributed by atoms with Crippen LogP contribution in [0.4, 0.5) is 0 Å². The van der Waals surface area contributed by atoms with Crippen molar-refractivity contribution in [2.45, 2.75) is 348 Å². The van der Waals surface area contributed by atoms with Crippen LogP contribution in [-0.2, 0) is 28.6 Å². The molecule has 0 aromatic heterocycles. The molecule has 0 rings (SSSR count). The maximum Gasteiger partial charge on any atom is 0.306 e. The minimum atomic E-state index is -0.774. The van der Waals surface area contributed by atoms with Gasteiger partial charge in [0, 0.05) is 19.3 Å². The second-order valence-corrected chi connectivity index (χ2v) is 22.0. The number of allylic oxidation sites excluding steroid dienone is 10. The molecule has 0 fully saturated rings. The lowest BCUT2D eigenvalue weighted by Crippen LogP contribution is -2.30. The summed E-state index contributed by atoms with van der Waals surface area (Å²) in [5.41, 5.74) is 0. The molecule has 0 amide bonds. The molecule has 1 unspecified atom stereocenters. The maximum absolute atomic E-state index is 12.9. The fraction of sp³-hybridized carbons (Fsp3) is 0.812. The maximum atomic E-state index is 12.9. The van der Waals surface area contributed by atoms with Gasteiger partial charge in [0.25, 0.3) is 0 Å². The highest BCUT2D eigenvalue weighted by Crippen LogP contribution is 2.17. The number of carbonyl (C=O) groups excluding carboxylic acids is 3. The Labute approximate surface area is 466 Å². The summed E-state index contributed by atoms with van der Waals surface area (Å²) in [5, 5.41) is 0. The number of rotatable bonds is 60. The van der Waals surface area contributed by atoms with Gasteiger partial charge in [-0.25, -0.2) is 0 Å². The number of ether oxygens (including phenoxy) is 3. The Morgan fingerprint density at radius 2 is 0.520 bits per heavy atom. The molecule has 0 spiro atoms. The van der Waals surface area contributed by atoms with Crippen molar-refractivity contribution in [3.05, 3.63) is 60.8 Å². The quantitative estimate of drug-likeness (QED) is 0.0261. The smallest absolute Gasteiger partial charge is 0.306 e. The van der Waals surface area contributed by atoms with E-state index in [1.807, 2.05) is 0 Å². The Hall–Kier alpha value is -2.89. The molecule has 0 heterocycles. The summed E-state index contributed by atoms with van der Waals surface area (Å²) in [7, 11) is 0. The van der Waals surface area contributed by atoms with Crippen LogP contribution in [0.15, 0.2) is 60.8 Å². The van der Waals surface area contributed by atoms with E-state index in [0.29, 0.717) is 19.3 Å². The Bertz CT molecular complexity index is 1340. The van der Waals surface area contributed by atoms with Crippen molar-refractivity contribution >= 4 is 17.9 Å². The van der Waals surface area contributed by atoms with E-state index in [1.165, 1.54) is 218 Å². The van der Waals surface area contributed by atoms with Gasteiger partial charge in [-0.3, -0.25) is 14.4 Å². The minimum Gasteiger partial charge on any atom is -0.462 e. The highest BCUT2D eigenvalue weighted by atomic mass is 16.6. The molecule has 75 heavy (non-hydrogen) atoms. The second kappa shape index (κ2) is 63.6. The summed E-state index contributed by atoms with van der Waals surface area (Å²) in [6, 6.07) is 0. The summed E-state index contributed by atoms with van der Waals surface area (Å²) >= 11 is 0. The van der Waals surface area contributed by atoms with Gasteiger partial charge in [0.15, 0.2) is 6.10 Å². The molecule has 0 aliphatic carbocycles. The Morgan fingerprint density at radius 1 is 0.280 bits per heavy atom. The highest BCUT2D eigenvalue weighted by Gasteiger charge is 2.19. The van der Waals surface area contributed by atoms with Gasteiger partial charge < -0.3 is 14.2 Å². The zero-order valence-corrected chi connectivity index (χ0v) is 50.1. The average Bonchev–Trinajstić information content (AvgIpc) is 3.41. The molecule has 436 valence electrons. The van der Waals surface area contributed by atoms with Gasteiger partial charge in [-0.2, -0.15) is 0 Å². The zero-order chi connectivity index (χ0) is 54.3. The van der Waals surface area contributed by atoms with Crippen LogP contribution in [0.5, 0.6) is 0 Å². The molecule has 0 aromatic carbocycles. The predicted octanol–water partition coefficient (Wildman–Crippen LogP) is 22.3. The fourth-order valence-electron chi connectivity index (χ4n) is 9.61.